The summed E-state index contributed by atoms with van der Waals surface area (Å²) in [6, 6.07) is -0.641. The third-order valence-electron chi connectivity index (χ3n) is 2.57. The van der Waals surface area contributed by atoms with Gasteiger partial charge in [-0.2, -0.15) is 11.8 Å². The summed E-state index contributed by atoms with van der Waals surface area (Å²) >= 11 is 1.56. The molecule has 0 aliphatic carbocycles. The molecule has 0 aromatic rings. The third-order valence-corrected chi connectivity index (χ3v) is 5.86. The predicted octanol–water partition coefficient (Wildman–Crippen LogP) is -0.330. The molecule has 1 rings (SSSR count). The van der Waals surface area contributed by atoms with Gasteiger partial charge in [0, 0.05) is 23.8 Å². The summed E-state index contributed by atoms with van der Waals surface area (Å²) < 4.78 is 23.7. The number of thioether (sulfide) groups is 1. The molecule has 2 atom stereocenters. The van der Waals surface area contributed by atoms with Gasteiger partial charge in [0.15, 0.2) is 9.84 Å². The van der Waals surface area contributed by atoms with E-state index in [-0.39, 0.29) is 11.7 Å². The molecule has 7 heteroatoms. The minimum absolute atomic E-state index is 0.0565. The maximum atomic E-state index is 11.8. The number of sulfone groups is 1. The summed E-state index contributed by atoms with van der Waals surface area (Å²) in [5, 5.41) is -0.699. The zero-order valence-electron chi connectivity index (χ0n) is 9.55. The van der Waals surface area contributed by atoms with Crippen molar-refractivity contribution >= 4 is 27.5 Å². The van der Waals surface area contributed by atoms with Crippen molar-refractivity contribution in [1.29, 1.82) is 0 Å². The van der Waals surface area contributed by atoms with E-state index >= 15 is 0 Å². The zero-order chi connectivity index (χ0) is 12.3. The van der Waals surface area contributed by atoms with Crippen LogP contribution in [0.1, 0.15) is 13.8 Å². The first-order chi connectivity index (χ1) is 7.40. The first kappa shape index (κ1) is 13.8. The second-order valence-electron chi connectivity index (χ2n) is 3.80. The van der Waals surface area contributed by atoms with Crippen molar-refractivity contribution in [3.63, 3.8) is 0 Å². The van der Waals surface area contributed by atoms with E-state index in [9.17, 15) is 13.2 Å². The van der Waals surface area contributed by atoms with E-state index in [1.807, 2.05) is 0 Å². The fraction of sp³-hybridized carbons (Fsp3) is 0.889. The average Bonchev–Trinajstić information content (AvgIpc) is 2.28. The molecular weight excluding hydrogens is 248 g/mol. The number of rotatable bonds is 3. The number of nitrogens with two attached hydrogens (primary N) is 1. The molecule has 1 fully saturated rings. The first-order valence-corrected chi connectivity index (χ1v) is 8.12. The van der Waals surface area contributed by atoms with Gasteiger partial charge < -0.3 is 10.6 Å². The Balaban J connectivity index is 2.92. The Bertz CT molecular complexity index is 354. The highest BCUT2D eigenvalue weighted by Crippen LogP contribution is 2.21. The molecule has 1 heterocycles. The highest BCUT2D eigenvalue weighted by atomic mass is 32.2. The summed E-state index contributed by atoms with van der Waals surface area (Å²) in [5.41, 5.74) is 5.52. The van der Waals surface area contributed by atoms with Gasteiger partial charge in [-0.15, -0.1) is 0 Å². The molecule has 94 valence electrons. The van der Waals surface area contributed by atoms with Crippen molar-refractivity contribution in [2.45, 2.75) is 25.3 Å². The number of hydrogen-bond acceptors (Lipinski definition) is 5. The van der Waals surface area contributed by atoms with Crippen LogP contribution in [0.2, 0.25) is 0 Å². The third kappa shape index (κ3) is 2.89. The summed E-state index contributed by atoms with van der Waals surface area (Å²) in [4.78, 5) is 13.2. The topological polar surface area (TPSA) is 80.5 Å². The van der Waals surface area contributed by atoms with Gasteiger partial charge in [-0.25, -0.2) is 8.42 Å². The molecule has 1 amide bonds. The molecule has 1 saturated heterocycles. The van der Waals surface area contributed by atoms with Gasteiger partial charge in [-0.05, 0) is 6.92 Å². The van der Waals surface area contributed by atoms with Crippen LogP contribution in [0, 0.1) is 0 Å². The van der Waals surface area contributed by atoms with Crippen LogP contribution in [0.4, 0.5) is 0 Å². The van der Waals surface area contributed by atoms with Gasteiger partial charge in [0.2, 0.25) is 5.91 Å². The summed E-state index contributed by atoms with van der Waals surface area (Å²) in [6.45, 7) is 3.65. The minimum atomic E-state index is -3.22. The highest BCUT2D eigenvalue weighted by Gasteiger charge is 2.36. The first-order valence-electron chi connectivity index (χ1n) is 5.25. The van der Waals surface area contributed by atoms with Gasteiger partial charge in [0.25, 0.3) is 0 Å². The largest absolute Gasteiger partial charge is 0.323 e. The van der Waals surface area contributed by atoms with Gasteiger partial charge in [-0.3, -0.25) is 4.79 Å². The lowest BCUT2D eigenvalue weighted by molar-refractivity contribution is -0.132. The van der Waals surface area contributed by atoms with E-state index in [1.54, 1.807) is 25.6 Å². The van der Waals surface area contributed by atoms with Crippen molar-refractivity contribution < 1.29 is 13.2 Å². The standard InChI is InChI=1S/C9H18N2O3S2/c1-3-16(13,14)8-6-15-5-4-11(8)9(12)7(2)10/h7-8H,3-6,10H2,1-2H3. The molecule has 0 bridgehead atoms. The molecule has 0 radical (unpaired) electrons. The number of amides is 1. The van der Waals surface area contributed by atoms with Crippen LogP contribution < -0.4 is 5.73 Å². The van der Waals surface area contributed by atoms with E-state index in [0.717, 1.165) is 5.75 Å². The second kappa shape index (κ2) is 5.37. The lowest BCUT2D eigenvalue weighted by atomic mass is 10.3. The van der Waals surface area contributed by atoms with E-state index in [0.29, 0.717) is 12.3 Å². The minimum Gasteiger partial charge on any atom is -0.323 e. The van der Waals surface area contributed by atoms with E-state index < -0.39 is 21.3 Å². The fourth-order valence-corrected chi connectivity index (χ4v) is 4.56. The molecule has 0 aromatic carbocycles. The molecule has 1 aliphatic heterocycles. The monoisotopic (exact) mass is 266 g/mol. The Morgan fingerprint density at radius 1 is 1.62 bits per heavy atom. The van der Waals surface area contributed by atoms with Crippen LogP contribution in [0.25, 0.3) is 0 Å². The van der Waals surface area contributed by atoms with Crippen LogP contribution in [0.15, 0.2) is 0 Å². The normalized spacial score (nSPS) is 24.2. The van der Waals surface area contributed by atoms with Crippen molar-refractivity contribution in [3.05, 3.63) is 0 Å². The molecule has 0 spiro atoms. The molecular formula is C9H18N2O3S2. The number of carbonyl (C=O) groups excluding carboxylic acids is 1. The summed E-state index contributed by atoms with van der Waals surface area (Å²) in [6.07, 6.45) is 0. The molecule has 2 N–H and O–H groups in total. The van der Waals surface area contributed by atoms with Crippen molar-refractivity contribution in [2.24, 2.45) is 5.73 Å². The maximum absolute atomic E-state index is 11.8. The Kier molecular flexibility index (Phi) is 4.63. The lowest BCUT2D eigenvalue weighted by Gasteiger charge is -2.35. The van der Waals surface area contributed by atoms with E-state index in [2.05, 4.69) is 0 Å². The van der Waals surface area contributed by atoms with Crippen molar-refractivity contribution in [1.82, 2.24) is 4.90 Å². The summed E-state index contributed by atoms with van der Waals surface area (Å²) in [5.74, 6) is 1.01. The van der Waals surface area contributed by atoms with Crippen LogP contribution in [0.5, 0.6) is 0 Å². The molecule has 0 saturated carbocycles. The van der Waals surface area contributed by atoms with Gasteiger partial charge >= 0.3 is 0 Å². The van der Waals surface area contributed by atoms with Crippen LogP contribution >= 0.6 is 11.8 Å². The SMILES string of the molecule is CCS(=O)(=O)C1CSCCN1C(=O)C(C)N. The van der Waals surface area contributed by atoms with Gasteiger partial charge in [0.05, 0.1) is 6.04 Å². The molecule has 16 heavy (non-hydrogen) atoms. The highest BCUT2D eigenvalue weighted by molar-refractivity contribution is 8.01. The maximum Gasteiger partial charge on any atom is 0.240 e. The molecule has 1 aliphatic rings. The quantitative estimate of drug-likeness (QED) is 0.756. The Morgan fingerprint density at radius 2 is 2.25 bits per heavy atom. The molecule has 5 nitrogen and oxygen atoms in total. The van der Waals surface area contributed by atoms with Crippen LogP contribution in [-0.2, 0) is 14.6 Å². The number of carbonyl (C=O) groups is 1. The van der Waals surface area contributed by atoms with Gasteiger partial charge in [-0.1, -0.05) is 6.92 Å². The van der Waals surface area contributed by atoms with E-state index in [1.165, 1.54) is 4.90 Å². The smallest absolute Gasteiger partial charge is 0.240 e. The van der Waals surface area contributed by atoms with Crippen LogP contribution in [-0.4, -0.2) is 54.4 Å². The second-order valence-corrected chi connectivity index (χ2v) is 7.40. The Labute approximate surface area is 101 Å². The van der Waals surface area contributed by atoms with Crippen LogP contribution in [0.3, 0.4) is 0 Å². The Hall–Kier alpha value is -0.270. The summed E-state index contributed by atoms with van der Waals surface area (Å²) in [7, 11) is -3.22. The number of nitrogens with zero attached hydrogens (tertiary/aromatic N) is 1. The zero-order valence-corrected chi connectivity index (χ0v) is 11.2. The van der Waals surface area contributed by atoms with E-state index in [4.69, 9.17) is 5.73 Å². The van der Waals surface area contributed by atoms with Gasteiger partial charge in [0.1, 0.15) is 5.37 Å². The predicted molar refractivity (Wildman–Crippen MR) is 65.9 cm³/mol. The fourth-order valence-electron chi connectivity index (χ4n) is 1.58. The average molecular weight is 266 g/mol. The number of hydrogen-bond donors (Lipinski definition) is 1. The Morgan fingerprint density at radius 3 is 2.75 bits per heavy atom. The molecule has 0 aromatic heterocycles. The molecule has 2 unspecified atom stereocenters. The lowest BCUT2D eigenvalue weighted by Crippen LogP contribution is -2.54. The van der Waals surface area contributed by atoms with Crippen molar-refractivity contribution in [2.75, 3.05) is 23.8 Å². The van der Waals surface area contributed by atoms with Crippen molar-refractivity contribution in [3.8, 4) is 0 Å².